The van der Waals surface area contributed by atoms with Crippen LogP contribution in [0.15, 0.2) is 28.8 Å². The minimum atomic E-state index is -4.60. The molecule has 0 spiro atoms. The van der Waals surface area contributed by atoms with Gasteiger partial charge in [0.2, 0.25) is 0 Å². The minimum Gasteiger partial charge on any atom is -0.334 e. The van der Waals surface area contributed by atoms with Gasteiger partial charge in [0.25, 0.3) is 11.8 Å². The zero-order chi connectivity index (χ0) is 21.0. The van der Waals surface area contributed by atoms with Crippen molar-refractivity contribution in [1.29, 1.82) is 0 Å². The van der Waals surface area contributed by atoms with Crippen LogP contribution in [0.5, 0.6) is 0 Å². The largest absolute Gasteiger partial charge is 0.417 e. The van der Waals surface area contributed by atoms with E-state index in [9.17, 15) is 18.0 Å². The maximum Gasteiger partial charge on any atom is 0.417 e. The number of hydrogen-bond acceptors (Lipinski definition) is 5. The van der Waals surface area contributed by atoms with Crippen LogP contribution in [0.2, 0.25) is 0 Å². The average Bonchev–Trinajstić information content (AvgIpc) is 3.37. The van der Waals surface area contributed by atoms with Gasteiger partial charge < -0.3 is 9.42 Å². The molecule has 0 radical (unpaired) electrons. The molecule has 10 heteroatoms. The van der Waals surface area contributed by atoms with Gasteiger partial charge in [-0.25, -0.2) is 0 Å². The van der Waals surface area contributed by atoms with Gasteiger partial charge in [0.1, 0.15) is 0 Å². The summed E-state index contributed by atoms with van der Waals surface area (Å²) in [6, 6.07) is 4.85. The number of alkyl halides is 3. The van der Waals surface area contributed by atoms with Crippen LogP contribution in [0.3, 0.4) is 0 Å². The molecule has 2 aliphatic rings. The standard InChI is InChI=1S/C20H18F3N5O2/c1-27-15-8-9-28(19(29)12-4-2-3-5-14(12)20(21,22)23)10-13(15)16(25-27)18-24-17(26-30-18)11-6-7-11/h2-5,11H,6-10H2,1H3. The van der Waals surface area contributed by atoms with Gasteiger partial charge in [-0.2, -0.15) is 23.3 Å². The molecule has 7 nitrogen and oxygen atoms in total. The Kier molecular flexibility index (Phi) is 4.19. The third-order valence-corrected chi connectivity index (χ3v) is 5.58. The molecule has 0 bridgehead atoms. The number of fused-ring (bicyclic) bond motifs is 1. The molecule has 1 aliphatic carbocycles. The third kappa shape index (κ3) is 3.16. The second-order valence-corrected chi connectivity index (χ2v) is 7.65. The SMILES string of the molecule is Cn1nc(-c2nc(C3CC3)no2)c2c1CCN(C(=O)c1ccccc1C(F)(F)F)C2. The van der Waals surface area contributed by atoms with Gasteiger partial charge in [-0.05, 0) is 25.0 Å². The van der Waals surface area contributed by atoms with Crippen LogP contribution in [-0.2, 0) is 26.2 Å². The molecule has 0 unspecified atom stereocenters. The van der Waals surface area contributed by atoms with Crippen molar-refractivity contribution < 1.29 is 22.5 Å². The molecule has 1 saturated carbocycles. The molecular weight excluding hydrogens is 399 g/mol. The summed E-state index contributed by atoms with van der Waals surface area (Å²) in [6.07, 6.45) is -2.07. The normalized spacial score (nSPS) is 16.6. The van der Waals surface area contributed by atoms with E-state index in [1.807, 2.05) is 0 Å². The van der Waals surface area contributed by atoms with E-state index in [2.05, 4.69) is 15.2 Å². The first-order valence-corrected chi connectivity index (χ1v) is 9.67. The molecule has 1 amide bonds. The first-order chi connectivity index (χ1) is 14.3. The van der Waals surface area contributed by atoms with Crippen LogP contribution in [0.4, 0.5) is 13.2 Å². The van der Waals surface area contributed by atoms with Gasteiger partial charge in [-0.15, -0.1) is 0 Å². The Morgan fingerprint density at radius 1 is 1.23 bits per heavy atom. The van der Waals surface area contributed by atoms with Crippen molar-refractivity contribution in [2.75, 3.05) is 6.54 Å². The first-order valence-electron chi connectivity index (χ1n) is 9.67. The Morgan fingerprint density at radius 3 is 2.73 bits per heavy atom. The Bertz CT molecular complexity index is 1130. The van der Waals surface area contributed by atoms with Gasteiger partial charge in [0, 0.05) is 37.2 Å². The van der Waals surface area contributed by atoms with Crippen molar-refractivity contribution in [3.63, 3.8) is 0 Å². The molecule has 3 aromatic rings. The van der Waals surface area contributed by atoms with Crippen LogP contribution < -0.4 is 0 Å². The fourth-order valence-corrected chi connectivity index (χ4v) is 3.86. The van der Waals surface area contributed by atoms with E-state index in [-0.39, 0.29) is 18.0 Å². The monoisotopic (exact) mass is 417 g/mol. The highest BCUT2D eigenvalue weighted by molar-refractivity contribution is 5.96. The maximum absolute atomic E-state index is 13.4. The number of aromatic nitrogens is 4. The summed E-state index contributed by atoms with van der Waals surface area (Å²) in [5, 5.41) is 8.49. The van der Waals surface area contributed by atoms with Gasteiger partial charge in [-0.1, -0.05) is 17.3 Å². The van der Waals surface area contributed by atoms with E-state index >= 15 is 0 Å². The van der Waals surface area contributed by atoms with Crippen LogP contribution in [0, 0.1) is 0 Å². The van der Waals surface area contributed by atoms with Crippen LogP contribution in [-0.4, -0.2) is 37.3 Å². The predicted octanol–water partition coefficient (Wildman–Crippen LogP) is 3.56. The number of carbonyl (C=O) groups excluding carboxylic acids is 1. The number of nitrogens with zero attached hydrogens (tertiary/aromatic N) is 5. The highest BCUT2D eigenvalue weighted by Crippen LogP contribution is 2.39. The van der Waals surface area contributed by atoms with Crippen molar-refractivity contribution >= 4 is 5.91 Å². The second-order valence-electron chi connectivity index (χ2n) is 7.65. The summed E-state index contributed by atoms with van der Waals surface area (Å²) in [5.41, 5.74) is 0.830. The summed E-state index contributed by atoms with van der Waals surface area (Å²) < 4.78 is 47.2. The highest BCUT2D eigenvalue weighted by atomic mass is 19.4. The molecule has 0 N–H and O–H groups in total. The van der Waals surface area contributed by atoms with Crippen molar-refractivity contribution in [1.82, 2.24) is 24.8 Å². The molecule has 2 aromatic heterocycles. The Balaban J connectivity index is 1.47. The van der Waals surface area contributed by atoms with E-state index < -0.39 is 17.6 Å². The lowest BCUT2D eigenvalue weighted by atomic mass is 10.0. The molecule has 1 aromatic carbocycles. The topological polar surface area (TPSA) is 77.1 Å². The van der Waals surface area contributed by atoms with Crippen molar-refractivity contribution in [3.8, 4) is 11.6 Å². The number of hydrogen-bond donors (Lipinski definition) is 0. The molecular formula is C20H18F3N5O2. The molecule has 0 atom stereocenters. The number of halogens is 3. The Hall–Kier alpha value is -3.17. The third-order valence-electron chi connectivity index (χ3n) is 5.58. The Morgan fingerprint density at radius 2 is 2.00 bits per heavy atom. The van der Waals surface area contributed by atoms with Gasteiger partial charge in [0.05, 0.1) is 17.7 Å². The van der Waals surface area contributed by atoms with Crippen molar-refractivity contribution in [2.45, 2.75) is 37.9 Å². The summed E-state index contributed by atoms with van der Waals surface area (Å²) >= 11 is 0. The fraction of sp³-hybridized carbons (Fsp3) is 0.400. The summed E-state index contributed by atoms with van der Waals surface area (Å²) in [7, 11) is 1.79. The van der Waals surface area contributed by atoms with Crippen molar-refractivity contribution in [2.24, 2.45) is 7.05 Å². The first kappa shape index (κ1) is 18.8. The lowest BCUT2D eigenvalue weighted by Gasteiger charge is -2.28. The zero-order valence-electron chi connectivity index (χ0n) is 16.1. The molecule has 1 aliphatic heterocycles. The van der Waals surface area contributed by atoms with Crippen LogP contribution in [0.1, 0.15) is 51.8 Å². The van der Waals surface area contributed by atoms with Gasteiger partial charge in [0.15, 0.2) is 11.5 Å². The highest BCUT2D eigenvalue weighted by Gasteiger charge is 2.37. The number of carbonyl (C=O) groups is 1. The van der Waals surface area contributed by atoms with E-state index in [4.69, 9.17) is 4.52 Å². The molecule has 1 fully saturated rings. The summed E-state index contributed by atoms with van der Waals surface area (Å²) in [5.74, 6) is 0.581. The van der Waals surface area contributed by atoms with Gasteiger partial charge >= 0.3 is 6.18 Å². The molecule has 0 saturated heterocycles. The summed E-state index contributed by atoms with van der Waals surface area (Å²) in [6.45, 7) is 0.429. The predicted molar refractivity (Wildman–Crippen MR) is 98.4 cm³/mol. The quantitative estimate of drug-likeness (QED) is 0.651. The summed E-state index contributed by atoms with van der Waals surface area (Å²) in [4.78, 5) is 18.8. The number of amides is 1. The zero-order valence-corrected chi connectivity index (χ0v) is 16.1. The molecule has 30 heavy (non-hydrogen) atoms. The van der Waals surface area contributed by atoms with Crippen LogP contribution in [0.25, 0.3) is 11.6 Å². The van der Waals surface area contributed by atoms with Crippen LogP contribution >= 0.6 is 0 Å². The number of rotatable bonds is 3. The van der Waals surface area contributed by atoms with Gasteiger partial charge in [-0.3, -0.25) is 9.48 Å². The minimum absolute atomic E-state index is 0.130. The maximum atomic E-state index is 13.4. The van der Waals surface area contributed by atoms with E-state index in [0.717, 1.165) is 30.2 Å². The van der Waals surface area contributed by atoms with E-state index in [1.165, 1.54) is 23.1 Å². The number of aryl methyl sites for hydroxylation is 1. The number of benzene rings is 1. The average molecular weight is 417 g/mol. The fourth-order valence-electron chi connectivity index (χ4n) is 3.86. The molecule has 5 rings (SSSR count). The second kappa shape index (κ2) is 6.68. The smallest absolute Gasteiger partial charge is 0.334 e. The van der Waals surface area contributed by atoms with E-state index in [0.29, 0.717) is 30.4 Å². The van der Waals surface area contributed by atoms with Crippen molar-refractivity contribution in [3.05, 3.63) is 52.5 Å². The van der Waals surface area contributed by atoms with E-state index in [1.54, 1.807) is 11.7 Å². The Labute approximate surface area is 169 Å². The lowest BCUT2D eigenvalue weighted by molar-refractivity contribution is -0.138. The lowest BCUT2D eigenvalue weighted by Crippen LogP contribution is -2.37. The molecule has 3 heterocycles. The molecule has 156 valence electrons.